The van der Waals surface area contributed by atoms with Crippen LogP contribution >= 0.6 is 23.4 Å². The lowest BCUT2D eigenvalue weighted by atomic mass is 10.1. The molecule has 0 radical (unpaired) electrons. The first kappa shape index (κ1) is 20.2. The summed E-state index contributed by atoms with van der Waals surface area (Å²) in [4.78, 5) is 15.2. The van der Waals surface area contributed by atoms with E-state index >= 15 is 0 Å². The first-order chi connectivity index (χ1) is 14.9. The SMILES string of the molecule is Cn1c2c(c3ccccc31)Sc1ccccc1CC(=O)N2S(=O)(=O)c1ccc(Cl)cc1. The van der Waals surface area contributed by atoms with Crippen LogP contribution < -0.4 is 4.31 Å². The summed E-state index contributed by atoms with van der Waals surface area (Å²) < 4.78 is 30.2. The van der Waals surface area contributed by atoms with Crippen LogP contribution in [-0.2, 0) is 28.3 Å². The van der Waals surface area contributed by atoms with Gasteiger partial charge in [0.05, 0.1) is 21.7 Å². The zero-order chi connectivity index (χ0) is 21.8. The summed E-state index contributed by atoms with van der Waals surface area (Å²) in [6.45, 7) is 0. The van der Waals surface area contributed by atoms with Crippen LogP contribution in [0, 0.1) is 0 Å². The Morgan fingerprint density at radius 3 is 2.39 bits per heavy atom. The summed E-state index contributed by atoms with van der Waals surface area (Å²) in [5.41, 5.74) is 1.65. The van der Waals surface area contributed by atoms with Gasteiger partial charge >= 0.3 is 0 Å². The fourth-order valence-corrected chi connectivity index (χ4v) is 6.73. The fourth-order valence-electron chi connectivity index (χ4n) is 3.85. The zero-order valence-electron chi connectivity index (χ0n) is 16.4. The molecule has 1 amide bonds. The third-order valence-corrected chi connectivity index (χ3v) is 8.53. The quantitative estimate of drug-likeness (QED) is 0.402. The van der Waals surface area contributed by atoms with E-state index in [9.17, 15) is 13.2 Å². The van der Waals surface area contributed by atoms with Gasteiger partial charge in [-0.3, -0.25) is 4.79 Å². The van der Waals surface area contributed by atoms with E-state index in [0.29, 0.717) is 10.8 Å². The third-order valence-electron chi connectivity index (χ3n) is 5.33. The number of anilines is 1. The molecule has 31 heavy (non-hydrogen) atoms. The molecule has 5 rings (SSSR count). The molecule has 0 saturated heterocycles. The van der Waals surface area contributed by atoms with Crippen LogP contribution in [0.1, 0.15) is 5.56 Å². The number of nitrogens with zero attached hydrogens (tertiary/aromatic N) is 2. The highest BCUT2D eigenvalue weighted by molar-refractivity contribution is 8.00. The predicted octanol–water partition coefficient (Wildman–Crippen LogP) is 5.26. The highest BCUT2D eigenvalue weighted by atomic mass is 35.5. The Morgan fingerprint density at radius 2 is 1.61 bits per heavy atom. The Morgan fingerprint density at radius 1 is 0.935 bits per heavy atom. The predicted molar refractivity (Wildman–Crippen MR) is 123 cm³/mol. The van der Waals surface area contributed by atoms with E-state index in [1.54, 1.807) is 11.6 Å². The second kappa shape index (κ2) is 7.44. The second-order valence-electron chi connectivity index (χ2n) is 7.23. The van der Waals surface area contributed by atoms with Gasteiger partial charge in [0.25, 0.3) is 10.0 Å². The molecule has 0 unspecified atom stereocenters. The van der Waals surface area contributed by atoms with E-state index in [1.165, 1.54) is 36.0 Å². The van der Waals surface area contributed by atoms with Gasteiger partial charge in [-0.15, -0.1) is 0 Å². The normalized spacial score (nSPS) is 14.1. The Bertz CT molecular complexity index is 1440. The van der Waals surface area contributed by atoms with Crippen molar-refractivity contribution in [3.8, 4) is 0 Å². The van der Waals surface area contributed by atoms with E-state index in [1.807, 2.05) is 48.5 Å². The average molecular weight is 469 g/mol. The lowest BCUT2D eigenvalue weighted by Gasteiger charge is -2.27. The zero-order valence-corrected chi connectivity index (χ0v) is 18.8. The minimum atomic E-state index is -4.16. The molecule has 0 N–H and O–H groups in total. The van der Waals surface area contributed by atoms with Crippen molar-refractivity contribution in [2.24, 2.45) is 7.05 Å². The minimum Gasteiger partial charge on any atom is -0.328 e. The summed E-state index contributed by atoms with van der Waals surface area (Å²) in [6.07, 6.45) is -0.0169. The summed E-state index contributed by atoms with van der Waals surface area (Å²) in [7, 11) is -2.38. The third kappa shape index (κ3) is 3.24. The molecule has 3 aromatic carbocycles. The monoisotopic (exact) mass is 468 g/mol. The van der Waals surface area contributed by atoms with Crippen molar-refractivity contribution in [2.45, 2.75) is 21.1 Å². The van der Waals surface area contributed by atoms with Crippen molar-refractivity contribution in [1.82, 2.24) is 4.57 Å². The van der Waals surface area contributed by atoms with Crippen LogP contribution in [0.5, 0.6) is 0 Å². The van der Waals surface area contributed by atoms with Crippen molar-refractivity contribution in [3.63, 3.8) is 0 Å². The number of rotatable bonds is 2. The number of hydrogen-bond acceptors (Lipinski definition) is 4. The van der Waals surface area contributed by atoms with Crippen molar-refractivity contribution >= 4 is 56.0 Å². The van der Waals surface area contributed by atoms with Gasteiger partial charge in [-0.2, -0.15) is 4.31 Å². The minimum absolute atomic E-state index is 0.0142. The Labute approximate surface area is 189 Å². The molecule has 156 valence electrons. The smallest absolute Gasteiger partial charge is 0.272 e. The van der Waals surface area contributed by atoms with Crippen LogP contribution in [0.3, 0.4) is 0 Å². The summed E-state index contributed by atoms with van der Waals surface area (Å²) in [6, 6.07) is 21.1. The first-order valence-corrected chi connectivity index (χ1v) is 12.2. The van der Waals surface area contributed by atoms with Gasteiger partial charge < -0.3 is 4.57 Å². The molecule has 0 fully saturated rings. The summed E-state index contributed by atoms with van der Waals surface area (Å²) >= 11 is 7.44. The Hall–Kier alpha value is -2.74. The number of benzene rings is 3. The van der Waals surface area contributed by atoms with E-state index in [2.05, 4.69) is 0 Å². The number of sulfonamides is 1. The van der Waals surface area contributed by atoms with Gasteiger partial charge in [0.1, 0.15) is 5.82 Å². The molecule has 5 nitrogen and oxygen atoms in total. The van der Waals surface area contributed by atoms with Gasteiger partial charge in [-0.1, -0.05) is 59.8 Å². The van der Waals surface area contributed by atoms with E-state index in [-0.39, 0.29) is 11.3 Å². The maximum Gasteiger partial charge on any atom is 0.272 e. The number of carbonyl (C=O) groups excluding carboxylic acids is 1. The van der Waals surface area contributed by atoms with Crippen molar-refractivity contribution in [2.75, 3.05) is 4.31 Å². The van der Waals surface area contributed by atoms with Gasteiger partial charge in [0.2, 0.25) is 5.91 Å². The molecule has 1 aliphatic rings. The number of para-hydroxylation sites is 1. The number of aryl methyl sites for hydroxylation is 1. The fraction of sp³-hybridized carbons (Fsp3) is 0.0870. The van der Waals surface area contributed by atoms with Crippen LogP contribution in [0.2, 0.25) is 5.02 Å². The standard InChI is InChI=1S/C23H17ClN2O3S2/c1-25-19-8-4-3-7-18(19)22-23(25)26(31(28,29)17-12-10-16(24)11-13-17)21(27)14-15-6-2-5-9-20(15)30-22/h2-13H,14H2,1H3. The maximum absolute atomic E-state index is 13.7. The molecule has 0 saturated carbocycles. The van der Waals surface area contributed by atoms with Crippen molar-refractivity contribution < 1.29 is 13.2 Å². The van der Waals surface area contributed by atoms with Crippen LogP contribution in [0.25, 0.3) is 10.9 Å². The molecule has 0 spiro atoms. The van der Waals surface area contributed by atoms with Gasteiger partial charge in [0.15, 0.2) is 0 Å². The summed E-state index contributed by atoms with van der Waals surface area (Å²) in [5.74, 6) is -0.157. The molecule has 0 bridgehead atoms. The average Bonchev–Trinajstić information content (AvgIpc) is 3.00. The number of fused-ring (bicyclic) bond motifs is 4. The van der Waals surface area contributed by atoms with Crippen molar-refractivity contribution in [1.29, 1.82) is 0 Å². The molecule has 1 aromatic heterocycles. The van der Waals surface area contributed by atoms with E-state index < -0.39 is 15.9 Å². The molecule has 1 aliphatic heterocycles. The van der Waals surface area contributed by atoms with Crippen LogP contribution in [0.15, 0.2) is 87.5 Å². The highest BCUT2D eigenvalue weighted by Gasteiger charge is 2.37. The first-order valence-electron chi connectivity index (χ1n) is 9.55. The van der Waals surface area contributed by atoms with Gasteiger partial charge in [-0.05, 0) is 42.0 Å². The lowest BCUT2D eigenvalue weighted by molar-refractivity contribution is -0.116. The molecule has 4 aromatic rings. The second-order valence-corrected chi connectivity index (χ2v) is 10.5. The number of carbonyl (C=O) groups is 1. The maximum atomic E-state index is 13.7. The Kier molecular flexibility index (Phi) is 4.84. The summed E-state index contributed by atoms with van der Waals surface area (Å²) in [5, 5.41) is 1.32. The number of halogens is 1. The molecule has 8 heteroatoms. The van der Waals surface area contributed by atoms with Crippen LogP contribution in [0.4, 0.5) is 5.82 Å². The van der Waals surface area contributed by atoms with Crippen LogP contribution in [-0.4, -0.2) is 18.9 Å². The van der Waals surface area contributed by atoms with Crippen molar-refractivity contribution in [3.05, 3.63) is 83.4 Å². The van der Waals surface area contributed by atoms with Gasteiger partial charge in [0, 0.05) is 22.4 Å². The lowest BCUT2D eigenvalue weighted by Crippen LogP contribution is -2.40. The largest absolute Gasteiger partial charge is 0.328 e. The number of amides is 1. The van der Waals surface area contributed by atoms with Gasteiger partial charge in [-0.25, -0.2) is 8.42 Å². The number of aromatic nitrogens is 1. The molecule has 0 atom stereocenters. The number of hydrogen-bond donors (Lipinski definition) is 0. The van der Waals surface area contributed by atoms with E-state index in [0.717, 1.165) is 30.6 Å². The topological polar surface area (TPSA) is 59.4 Å². The molecular formula is C23H17ClN2O3S2. The Balaban J connectivity index is 1.82. The molecular weight excluding hydrogens is 452 g/mol. The molecule has 0 aliphatic carbocycles. The highest BCUT2D eigenvalue weighted by Crippen LogP contribution is 2.46. The molecule has 2 heterocycles. The van der Waals surface area contributed by atoms with E-state index in [4.69, 9.17) is 11.6 Å².